The van der Waals surface area contributed by atoms with Crippen molar-refractivity contribution < 1.29 is 58.5 Å². The number of nitrogens with zero attached hydrogens (tertiary/aromatic N) is 1. The van der Waals surface area contributed by atoms with Crippen LogP contribution in [0.2, 0.25) is 0 Å². The molecule has 50 heavy (non-hydrogen) atoms. The first-order valence-electron chi connectivity index (χ1n) is 15.0. The fraction of sp³-hybridized carbons (Fsp3) is 0.250. The highest BCUT2D eigenvalue weighted by Gasteiger charge is 2.43. The Bertz CT molecular complexity index is 1910. The smallest absolute Gasteiger partial charge is 0.429 e. The average Bonchev–Trinajstić information content (AvgIpc) is 3.04. The zero-order valence-corrected chi connectivity index (χ0v) is 26.0. The van der Waals surface area contributed by atoms with Crippen molar-refractivity contribution >= 4 is 0 Å². The second-order valence-electron chi connectivity index (χ2n) is 11.1. The van der Waals surface area contributed by atoms with Crippen LogP contribution in [0.15, 0.2) is 78.9 Å². The fourth-order valence-corrected chi connectivity index (χ4v) is 5.23. The van der Waals surface area contributed by atoms with Gasteiger partial charge < -0.3 is 18.9 Å². The summed E-state index contributed by atoms with van der Waals surface area (Å²) in [5, 5.41) is 8.84. The molecule has 262 valence electrons. The van der Waals surface area contributed by atoms with Gasteiger partial charge in [0.1, 0.15) is 52.2 Å². The maximum Gasteiger partial charge on any atom is 0.432 e. The van der Waals surface area contributed by atoms with E-state index in [0.717, 1.165) is 30.3 Å². The van der Waals surface area contributed by atoms with Crippen molar-refractivity contribution in [2.75, 3.05) is 13.2 Å². The van der Waals surface area contributed by atoms with Crippen molar-refractivity contribution in [2.45, 2.75) is 44.2 Å². The van der Waals surface area contributed by atoms with Gasteiger partial charge in [0.05, 0.1) is 36.5 Å². The summed E-state index contributed by atoms with van der Waals surface area (Å²) in [7, 11) is 0. The summed E-state index contributed by atoms with van der Waals surface area (Å²) >= 11 is 0. The van der Waals surface area contributed by atoms with Crippen molar-refractivity contribution in [3.05, 3.63) is 130 Å². The normalized spacial score (nSPS) is 16.7. The molecule has 0 spiro atoms. The lowest BCUT2D eigenvalue weighted by atomic mass is 9.98. The lowest BCUT2D eigenvalue weighted by molar-refractivity contribution is -0.191. The molecule has 1 fully saturated rings. The quantitative estimate of drug-likeness (QED) is 0.115. The molecule has 4 aromatic carbocycles. The number of hydrogen-bond donors (Lipinski definition) is 0. The molecule has 0 bridgehead atoms. The van der Waals surface area contributed by atoms with Gasteiger partial charge in [-0.05, 0) is 67.3 Å². The summed E-state index contributed by atoms with van der Waals surface area (Å²) in [5.41, 5.74) is -3.67. The molecule has 0 aliphatic carbocycles. The van der Waals surface area contributed by atoms with Gasteiger partial charge in [-0.1, -0.05) is 24.3 Å². The van der Waals surface area contributed by atoms with Crippen LogP contribution >= 0.6 is 0 Å². The second kappa shape index (κ2) is 14.9. The third kappa shape index (κ3) is 8.06. The maximum atomic E-state index is 15.0. The number of halogens is 9. The number of ether oxygens (including phenoxy) is 4. The predicted molar refractivity (Wildman–Crippen MR) is 161 cm³/mol. The lowest BCUT2D eigenvalue weighted by Gasteiger charge is -2.29. The van der Waals surface area contributed by atoms with Gasteiger partial charge >= 0.3 is 12.2 Å². The van der Waals surface area contributed by atoms with Gasteiger partial charge in [0, 0.05) is 23.8 Å². The van der Waals surface area contributed by atoms with E-state index < -0.39 is 70.0 Å². The topological polar surface area (TPSA) is 60.7 Å². The van der Waals surface area contributed by atoms with Crippen molar-refractivity contribution in [3.63, 3.8) is 0 Å². The molecule has 0 N–H and O–H groups in total. The highest BCUT2D eigenvalue weighted by atomic mass is 19.3. The van der Waals surface area contributed by atoms with E-state index in [9.17, 15) is 30.7 Å². The number of rotatable bonds is 11. The molecule has 14 heteroatoms. The van der Waals surface area contributed by atoms with Gasteiger partial charge in [-0.3, -0.25) is 0 Å². The molecular formula is C36H26F9NO4. The van der Waals surface area contributed by atoms with E-state index in [1.807, 2.05) is 19.1 Å². The molecular weight excluding hydrogens is 681 g/mol. The minimum atomic E-state index is -4.80. The Morgan fingerprint density at radius 2 is 1.48 bits per heavy atom. The molecule has 5 rings (SSSR count). The van der Waals surface area contributed by atoms with Crippen LogP contribution in [0.5, 0.6) is 11.5 Å². The SMILES string of the molecule is C/C=C/COC1CCC(c2ccc(C(F)(F)Oc3cc(F)c(C(F)(F)Oc4ccc(-c5ccc(C#N)c(F)c5)c(F)c4)c(F)c3)c(F)c2)OC1. The minimum absolute atomic E-state index is 0.0314. The van der Waals surface area contributed by atoms with Crippen LogP contribution in [-0.2, 0) is 21.7 Å². The molecule has 0 saturated carbocycles. The van der Waals surface area contributed by atoms with Gasteiger partial charge in [0.2, 0.25) is 0 Å². The molecule has 1 aliphatic rings. The third-order valence-electron chi connectivity index (χ3n) is 7.72. The van der Waals surface area contributed by atoms with E-state index in [4.69, 9.17) is 14.7 Å². The Morgan fingerprint density at radius 3 is 2.08 bits per heavy atom. The van der Waals surface area contributed by atoms with Crippen molar-refractivity contribution in [3.8, 4) is 28.7 Å². The number of nitriles is 1. The largest absolute Gasteiger partial charge is 0.432 e. The van der Waals surface area contributed by atoms with E-state index >= 15 is 8.78 Å². The minimum Gasteiger partial charge on any atom is -0.429 e. The molecule has 1 aliphatic heterocycles. The summed E-state index contributed by atoms with van der Waals surface area (Å²) in [6, 6.07) is 9.69. The average molecular weight is 708 g/mol. The van der Waals surface area contributed by atoms with Crippen LogP contribution in [0.25, 0.3) is 11.1 Å². The highest BCUT2D eigenvalue weighted by Crippen LogP contribution is 2.41. The van der Waals surface area contributed by atoms with E-state index in [1.165, 1.54) is 12.1 Å². The summed E-state index contributed by atoms with van der Waals surface area (Å²) < 4.78 is 153. The summed E-state index contributed by atoms with van der Waals surface area (Å²) in [6.07, 6.45) is -5.45. The first kappa shape index (κ1) is 36.3. The monoisotopic (exact) mass is 707 g/mol. The summed E-state index contributed by atoms with van der Waals surface area (Å²) in [5.74, 6) is -9.83. The van der Waals surface area contributed by atoms with E-state index in [2.05, 4.69) is 9.47 Å². The molecule has 1 heterocycles. The molecule has 4 aromatic rings. The maximum absolute atomic E-state index is 15.0. The van der Waals surface area contributed by atoms with E-state index in [0.29, 0.717) is 31.6 Å². The predicted octanol–water partition coefficient (Wildman–Crippen LogP) is 9.99. The molecule has 5 nitrogen and oxygen atoms in total. The van der Waals surface area contributed by atoms with Crippen LogP contribution in [0.4, 0.5) is 39.5 Å². The van der Waals surface area contributed by atoms with Gasteiger partial charge in [-0.2, -0.15) is 22.8 Å². The molecule has 0 radical (unpaired) electrons. The number of hydrogen-bond acceptors (Lipinski definition) is 5. The van der Waals surface area contributed by atoms with Crippen LogP contribution < -0.4 is 9.47 Å². The van der Waals surface area contributed by atoms with Crippen molar-refractivity contribution in [1.82, 2.24) is 0 Å². The number of allylic oxidation sites excluding steroid dienone is 1. The molecule has 0 amide bonds. The molecule has 0 aromatic heterocycles. The highest BCUT2D eigenvalue weighted by molar-refractivity contribution is 5.66. The fourth-order valence-electron chi connectivity index (χ4n) is 5.23. The first-order valence-corrected chi connectivity index (χ1v) is 15.0. The van der Waals surface area contributed by atoms with E-state index in [1.54, 1.807) is 6.07 Å². The Morgan fingerprint density at radius 1 is 0.780 bits per heavy atom. The Kier molecular flexibility index (Phi) is 10.8. The van der Waals surface area contributed by atoms with Crippen LogP contribution in [0.3, 0.4) is 0 Å². The third-order valence-corrected chi connectivity index (χ3v) is 7.72. The van der Waals surface area contributed by atoms with Crippen molar-refractivity contribution in [2.24, 2.45) is 0 Å². The van der Waals surface area contributed by atoms with Gasteiger partial charge in [0.15, 0.2) is 0 Å². The summed E-state index contributed by atoms with van der Waals surface area (Å²) in [6.45, 7) is 2.44. The van der Waals surface area contributed by atoms with Crippen LogP contribution in [0.1, 0.15) is 48.1 Å². The zero-order chi connectivity index (χ0) is 36.2. The van der Waals surface area contributed by atoms with E-state index in [-0.39, 0.29) is 47.1 Å². The Hall–Kier alpha value is -5.00. The molecule has 1 saturated heterocycles. The lowest BCUT2D eigenvalue weighted by Crippen LogP contribution is -2.28. The Balaban J connectivity index is 1.28. The number of benzene rings is 4. The summed E-state index contributed by atoms with van der Waals surface area (Å²) in [4.78, 5) is 0. The van der Waals surface area contributed by atoms with Crippen molar-refractivity contribution in [1.29, 1.82) is 5.26 Å². The molecule has 2 unspecified atom stereocenters. The van der Waals surface area contributed by atoms with Crippen LogP contribution in [-0.4, -0.2) is 19.3 Å². The first-order chi connectivity index (χ1) is 23.7. The van der Waals surface area contributed by atoms with Gasteiger partial charge in [-0.25, -0.2) is 22.0 Å². The molecule has 2 atom stereocenters. The Labute approximate surface area is 280 Å². The zero-order valence-electron chi connectivity index (χ0n) is 26.0. The standard InChI is InChI=1S/C36H26F9NO4/c1-2-3-12-47-24-8-11-33(48-19-24)21-6-10-27(30(39)14-21)35(42,43)50-25-16-31(40)34(32(41)17-25)36(44,45)49-23-7-9-26(29(38)15-23)20-4-5-22(18-46)28(37)13-20/h2-7,9-10,13-17,24,33H,8,11-12,19H2,1H3/b3-2+. The van der Waals surface area contributed by atoms with Gasteiger partial charge in [0.25, 0.3) is 0 Å². The van der Waals surface area contributed by atoms with Gasteiger partial charge in [-0.15, -0.1) is 0 Å². The number of alkyl halides is 4. The second-order valence-corrected chi connectivity index (χ2v) is 11.1. The van der Waals surface area contributed by atoms with Crippen LogP contribution in [0, 0.1) is 40.4 Å².